The Kier molecular flexibility index (Phi) is 7.74. The third-order valence-electron chi connectivity index (χ3n) is 5.73. The molecule has 1 aromatic heterocycles. The number of hydrogen-bond donors (Lipinski definition) is 3. The maximum absolute atomic E-state index is 14.9. The Bertz CT molecular complexity index is 1220. The van der Waals surface area contributed by atoms with E-state index < -0.39 is 34.9 Å². The van der Waals surface area contributed by atoms with Crippen LogP contribution in [0.2, 0.25) is 5.02 Å². The molecule has 3 rings (SSSR count). The lowest BCUT2D eigenvalue weighted by atomic mass is 9.77. The monoisotopic (exact) mass is 487 g/mol. The number of hydrogen-bond acceptors (Lipinski definition) is 6. The Balaban J connectivity index is 1.92. The van der Waals surface area contributed by atoms with Gasteiger partial charge in [-0.25, -0.2) is 4.39 Å². The first-order valence-electron chi connectivity index (χ1n) is 10.8. The van der Waals surface area contributed by atoms with Crippen LogP contribution < -0.4 is 11.1 Å². The van der Waals surface area contributed by atoms with Gasteiger partial charge in [0.1, 0.15) is 28.7 Å². The molecule has 2 aromatic carbocycles. The van der Waals surface area contributed by atoms with Crippen molar-refractivity contribution in [3.63, 3.8) is 0 Å². The van der Waals surface area contributed by atoms with E-state index in [1.54, 1.807) is 38.1 Å². The zero-order chi connectivity index (χ0) is 25.0. The molecule has 34 heavy (non-hydrogen) atoms. The van der Waals surface area contributed by atoms with Gasteiger partial charge in [0.15, 0.2) is 0 Å². The zero-order valence-corrected chi connectivity index (χ0v) is 19.9. The molecule has 1 atom stereocenters. The lowest BCUT2D eigenvalue weighted by Gasteiger charge is -2.31. The molecule has 1 unspecified atom stereocenters. The molecule has 0 fully saturated rings. The molecule has 180 valence electrons. The van der Waals surface area contributed by atoms with Crippen LogP contribution in [0.25, 0.3) is 10.9 Å². The summed E-state index contributed by atoms with van der Waals surface area (Å²) in [7, 11) is 0. The highest BCUT2D eigenvalue weighted by molar-refractivity contribution is 6.30. The van der Waals surface area contributed by atoms with Gasteiger partial charge in [0, 0.05) is 28.6 Å². The molecule has 1 amide bonds. The van der Waals surface area contributed by atoms with Crippen molar-refractivity contribution in [3.05, 3.63) is 70.1 Å². The van der Waals surface area contributed by atoms with Crippen LogP contribution in [0.15, 0.2) is 42.6 Å². The van der Waals surface area contributed by atoms with Crippen LogP contribution in [0, 0.1) is 5.82 Å². The van der Waals surface area contributed by atoms with Crippen LogP contribution in [0.1, 0.15) is 48.7 Å². The molecular formula is C25H27ClFN3O4. The highest BCUT2D eigenvalue weighted by Gasteiger charge is 2.36. The van der Waals surface area contributed by atoms with E-state index in [2.05, 4.69) is 10.3 Å². The summed E-state index contributed by atoms with van der Waals surface area (Å²) in [5.41, 5.74) is 6.06. The Hall–Kier alpha value is -3.23. The number of fused-ring (bicyclic) bond motifs is 1. The minimum atomic E-state index is -1.07. The average molecular weight is 488 g/mol. The number of pyridine rings is 1. The molecule has 0 aliphatic carbocycles. The van der Waals surface area contributed by atoms with E-state index in [9.17, 15) is 19.1 Å². The first-order valence-corrected chi connectivity index (χ1v) is 11.2. The first kappa shape index (κ1) is 25.4. The van der Waals surface area contributed by atoms with Crippen LogP contribution in [-0.4, -0.2) is 34.6 Å². The number of rotatable bonds is 8. The number of aromatic hydroxyl groups is 1. The predicted molar refractivity (Wildman–Crippen MR) is 128 cm³/mol. The van der Waals surface area contributed by atoms with Crippen molar-refractivity contribution in [2.75, 3.05) is 6.61 Å². The molecule has 0 spiro atoms. The van der Waals surface area contributed by atoms with Gasteiger partial charge in [0.2, 0.25) is 0 Å². The standard InChI is InChI=1S/C25H27ClFN3O4/c1-4-9-34-24(33)22(28)25(2,3)15-10-17-20(19(27)11-15)29-13-18(21(17)31)23(32)30-12-14-5-7-16(26)8-6-14/h5-8,10-11,13,22H,4,9,12,28H2,1-3H3,(H,29,31)(H,30,32). The Morgan fingerprint density at radius 2 is 1.94 bits per heavy atom. The van der Waals surface area contributed by atoms with Gasteiger partial charge in [-0.2, -0.15) is 0 Å². The Morgan fingerprint density at radius 1 is 1.26 bits per heavy atom. The normalized spacial score (nSPS) is 12.4. The predicted octanol–water partition coefficient (Wildman–Crippen LogP) is 4.22. The molecule has 0 saturated heterocycles. The van der Waals surface area contributed by atoms with E-state index in [4.69, 9.17) is 22.1 Å². The van der Waals surface area contributed by atoms with Gasteiger partial charge in [0.25, 0.3) is 5.91 Å². The van der Waals surface area contributed by atoms with Crippen molar-refractivity contribution >= 4 is 34.4 Å². The van der Waals surface area contributed by atoms with E-state index in [0.717, 1.165) is 11.8 Å². The smallest absolute Gasteiger partial charge is 0.323 e. The molecule has 9 heteroatoms. The number of nitrogens with two attached hydrogens (primary N) is 1. The van der Waals surface area contributed by atoms with E-state index in [1.807, 2.05) is 6.92 Å². The lowest BCUT2D eigenvalue weighted by molar-refractivity contribution is -0.146. The number of nitrogens with zero attached hydrogens (tertiary/aromatic N) is 1. The first-order chi connectivity index (χ1) is 16.1. The fourth-order valence-electron chi connectivity index (χ4n) is 3.43. The van der Waals surface area contributed by atoms with Crippen molar-refractivity contribution in [1.82, 2.24) is 10.3 Å². The minimum absolute atomic E-state index is 0.0383. The average Bonchev–Trinajstić information content (AvgIpc) is 2.81. The van der Waals surface area contributed by atoms with Gasteiger partial charge in [-0.05, 0) is 41.8 Å². The van der Waals surface area contributed by atoms with Gasteiger partial charge in [-0.3, -0.25) is 14.6 Å². The second-order valence-electron chi connectivity index (χ2n) is 8.55. The molecule has 3 aromatic rings. The molecule has 4 N–H and O–H groups in total. The summed E-state index contributed by atoms with van der Waals surface area (Å²) >= 11 is 5.87. The summed E-state index contributed by atoms with van der Waals surface area (Å²) in [6.45, 7) is 5.65. The summed E-state index contributed by atoms with van der Waals surface area (Å²) in [6.07, 6.45) is 1.77. The van der Waals surface area contributed by atoms with E-state index >= 15 is 0 Å². The van der Waals surface area contributed by atoms with Gasteiger partial charge in [-0.1, -0.05) is 44.5 Å². The zero-order valence-electron chi connectivity index (χ0n) is 19.2. The third kappa shape index (κ3) is 5.29. The summed E-state index contributed by atoms with van der Waals surface area (Å²) in [4.78, 5) is 29.1. The number of carbonyl (C=O) groups is 2. The van der Waals surface area contributed by atoms with Crippen molar-refractivity contribution in [3.8, 4) is 5.75 Å². The molecular weight excluding hydrogens is 461 g/mol. The quantitative estimate of drug-likeness (QED) is 0.410. The van der Waals surface area contributed by atoms with Crippen molar-refractivity contribution in [1.29, 1.82) is 0 Å². The summed E-state index contributed by atoms with van der Waals surface area (Å²) < 4.78 is 20.1. The topological polar surface area (TPSA) is 115 Å². The lowest BCUT2D eigenvalue weighted by Crippen LogP contribution is -2.47. The number of ether oxygens (including phenoxy) is 1. The van der Waals surface area contributed by atoms with Crippen molar-refractivity contribution < 1.29 is 23.8 Å². The number of aromatic nitrogens is 1. The Morgan fingerprint density at radius 3 is 2.59 bits per heavy atom. The Labute approximate surface area is 202 Å². The molecule has 0 radical (unpaired) electrons. The molecule has 0 bridgehead atoms. The van der Waals surface area contributed by atoms with Gasteiger partial charge in [-0.15, -0.1) is 0 Å². The second-order valence-corrected chi connectivity index (χ2v) is 8.99. The summed E-state index contributed by atoms with van der Waals surface area (Å²) in [5.74, 6) is -2.31. The molecule has 1 heterocycles. The fourth-order valence-corrected chi connectivity index (χ4v) is 3.56. The van der Waals surface area contributed by atoms with E-state index in [1.165, 1.54) is 12.1 Å². The van der Waals surface area contributed by atoms with E-state index in [-0.39, 0.29) is 29.6 Å². The summed E-state index contributed by atoms with van der Waals surface area (Å²) in [5, 5.41) is 14.1. The van der Waals surface area contributed by atoms with Crippen molar-refractivity contribution in [2.45, 2.75) is 45.2 Å². The van der Waals surface area contributed by atoms with Crippen LogP contribution in [0.3, 0.4) is 0 Å². The highest BCUT2D eigenvalue weighted by Crippen LogP contribution is 2.35. The maximum atomic E-state index is 14.9. The van der Waals surface area contributed by atoms with Gasteiger partial charge in [0.05, 0.1) is 6.61 Å². The van der Waals surface area contributed by atoms with Gasteiger partial charge < -0.3 is 20.9 Å². The molecule has 7 nitrogen and oxygen atoms in total. The van der Waals surface area contributed by atoms with Gasteiger partial charge >= 0.3 is 5.97 Å². The van der Waals surface area contributed by atoms with Crippen molar-refractivity contribution in [2.24, 2.45) is 5.73 Å². The van der Waals surface area contributed by atoms with Crippen LogP contribution in [-0.2, 0) is 21.5 Å². The SMILES string of the molecule is CCCOC(=O)C(N)C(C)(C)c1cc(F)c2ncc(C(=O)NCc3ccc(Cl)cc3)c(O)c2c1. The second kappa shape index (κ2) is 10.4. The minimum Gasteiger partial charge on any atom is -0.506 e. The summed E-state index contributed by atoms with van der Waals surface area (Å²) in [6, 6.07) is 8.57. The number of nitrogens with one attached hydrogen (secondary N) is 1. The maximum Gasteiger partial charge on any atom is 0.323 e. The number of halogens is 2. The number of amides is 1. The molecule has 0 aliphatic rings. The van der Waals surface area contributed by atoms with E-state index in [0.29, 0.717) is 17.0 Å². The fraction of sp³-hybridized carbons (Fsp3) is 0.320. The molecule has 0 aliphatic heterocycles. The number of benzene rings is 2. The molecule has 0 saturated carbocycles. The highest BCUT2D eigenvalue weighted by atomic mass is 35.5. The number of carbonyl (C=O) groups excluding carboxylic acids is 2. The largest absolute Gasteiger partial charge is 0.506 e. The number of esters is 1. The van der Waals surface area contributed by atoms with Crippen LogP contribution >= 0.6 is 11.6 Å². The third-order valence-corrected chi connectivity index (χ3v) is 5.98. The van der Waals surface area contributed by atoms with Crippen LogP contribution in [0.4, 0.5) is 4.39 Å². The van der Waals surface area contributed by atoms with Crippen LogP contribution in [0.5, 0.6) is 5.75 Å².